The van der Waals surface area contributed by atoms with Gasteiger partial charge in [0.25, 0.3) is 0 Å². The largest absolute Gasteiger partial charge is 0.382 e. The van der Waals surface area contributed by atoms with E-state index in [0.29, 0.717) is 13.2 Å². The predicted molar refractivity (Wildman–Crippen MR) is 55.0 cm³/mol. The van der Waals surface area contributed by atoms with E-state index in [1.807, 2.05) is 6.08 Å². The minimum Gasteiger partial charge on any atom is -0.382 e. The molecule has 0 unspecified atom stereocenters. The lowest BCUT2D eigenvalue weighted by Crippen LogP contribution is -2.18. The van der Waals surface area contributed by atoms with E-state index in [2.05, 4.69) is 11.9 Å². The van der Waals surface area contributed by atoms with Crippen molar-refractivity contribution < 1.29 is 9.47 Å². The summed E-state index contributed by atoms with van der Waals surface area (Å²) in [6.07, 6.45) is 4.01. The second-order valence-corrected chi connectivity index (χ2v) is 2.79. The van der Waals surface area contributed by atoms with Gasteiger partial charge in [-0.15, -0.1) is 6.58 Å². The van der Waals surface area contributed by atoms with E-state index in [1.54, 1.807) is 7.11 Å². The zero-order chi connectivity index (χ0) is 9.78. The third-order valence-electron chi connectivity index (χ3n) is 1.60. The van der Waals surface area contributed by atoms with Gasteiger partial charge in [-0.1, -0.05) is 6.08 Å². The van der Waals surface area contributed by atoms with Crippen molar-refractivity contribution in [3.8, 4) is 0 Å². The Morgan fingerprint density at radius 2 is 2.08 bits per heavy atom. The molecule has 0 radical (unpaired) electrons. The summed E-state index contributed by atoms with van der Waals surface area (Å²) < 4.78 is 10.1. The van der Waals surface area contributed by atoms with Crippen molar-refractivity contribution >= 4 is 0 Å². The van der Waals surface area contributed by atoms with E-state index in [1.165, 1.54) is 0 Å². The van der Waals surface area contributed by atoms with Crippen LogP contribution >= 0.6 is 0 Å². The molecule has 0 saturated carbocycles. The molecule has 1 N–H and O–H groups in total. The fourth-order valence-electron chi connectivity index (χ4n) is 0.873. The second kappa shape index (κ2) is 11.6. The number of methoxy groups -OCH3 is 1. The van der Waals surface area contributed by atoms with Crippen molar-refractivity contribution in [2.45, 2.75) is 12.8 Å². The van der Waals surface area contributed by atoms with Gasteiger partial charge in [0.05, 0.1) is 13.2 Å². The van der Waals surface area contributed by atoms with Crippen molar-refractivity contribution in [2.75, 3.05) is 40.0 Å². The second-order valence-electron chi connectivity index (χ2n) is 2.79. The third-order valence-corrected chi connectivity index (χ3v) is 1.60. The molecule has 0 aliphatic carbocycles. The van der Waals surface area contributed by atoms with Gasteiger partial charge < -0.3 is 14.8 Å². The van der Waals surface area contributed by atoms with Gasteiger partial charge in [-0.2, -0.15) is 0 Å². The summed E-state index contributed by atoms with van der Waals surface area (Å²) in [5.74, 6) is 0. The maximum atomic E-state index is 5.30. The summed E-state index contributed by atoms with van der Waals surface area (Å²) in [5.41, 5.74) is 0. The van der Waals surface area contributed by atoms with Crippen LogP contribution in [0.2, 0.25) is 0 Å². The van der Waals surface area contributed by atoms with Gasteiger partial charge in [-0.05, 0) is 25.9 Å². The third kappa shape index (κ3) is 11.6. The van der Waals surface area contributed by atoms with Gasteiger partial charge in [0.2, 0.25) is 0 Å². The maximum Gasteiger partial charge on any atom is 0.0700 e. The summed E-state index contributed by atoms with van der Waals surface area (Å²) >= 11 is 0. The minimum atomic E-state index is 0.684. The van der Waals surface area contributed by atoms with Crippen LogP contribution in [0.4, 0.5) is 0 Å². The minimum absolute atomic E-state index is 0.684. The molecule has 3 heteroatoms. The first-order valence-electron chi connectivity index (χ1n) is 4.80. The van der Waals surface area contributed by atoms with Crippen molar-refractivity contribution in [3.05, 3.63) is 12.7 Å². The molecule has 0 atom stereocenters. The topological polar surface area (TPSA) is 30.5 Å². The number of ether oxygens (including phenoxy) is 2. The lowest BCUT2D eigenvalue weighted by atomic mass is 10.4. The van der Waals surface area contributed by atoms with Crippen LogP contribution in [-0.4, -0.2) is 40.0 Å². The van der Waals surface area contributed by atoms with Crippen molar-refractivity contribution in [3.63, 3.8) is 0 Å². The molecule has 0 heterocycles. The van der Waals surface area contributed by atoms with Crippen LogP contribution in [0.25, 0.3) is 0 Å². The van der Waals surface area contributed by atoms with Gasteiger partial charge in [0.15, 0.2) is 0 Å². The molecule has 0 aliphatic rings. The Labute approximate surface area is 81.1 Å². The molecule has 0 saturated heterocycles. The molecule has 0 amide bonds. The van der Waals surface area contributed by atoms with Crippen LogP contribution in [-0.2, 0) is 9.47 Å². The molecule has 0 aliphatic heterocycles. The Balaban J connectivity index is 2.79. The predicted octanol–water partition coefficient (Wildman–Crippen LogP) is 1.21. The Hall–Kier alpha value is -0.380. The molecule has 78 valence electrons. The molecular weight excluding hydrogens is 166 g/mol. The molecule has 0 fully saturated rings. The lowest BCUT2D eigenvalue weighted by molar-refractivity contribution is 0.0695. The molecule has 0 spiro atoms. The maximum absolute atomic E-state index is 5.30. The van der Waals surface area contributed by atoms with Gasteiger partial charge in [0.1, 0.15) is 0 Å². The highest BCUT2D eigenvalue weighted by molar-refractivity contribution is 4.67. The fraction of sp³-hybridized carbons (Fsp3) is 0.800. The van der Waals surface area contributed by atoms with E-state index in [4.69, 9.17) is 9.47 Å². The first-order valence-corrected chi connectivity index (χ1v) is 4.80. The standard InChI is InChI=1S/C10H21NO2/c1-3-4-6-11-7-5-8-13-10-9-12-2/h3,11H,1,4-10H2,2H3. The fourth-order valence-corrected chi connectivity index (χ4v) is 0.873. The molecule has 3 nitrogen and oxygen atoms in total. The van der Waals surface area contributed by atoms with Crippen LogP contribution < -0.4 is 5.32 Å². The SMILES string of the molecule is C=CCCNCCCOCCOC. The first-order chi connectivity index (χ1) is 6.41. The summed E-state index contributed by atoms with van der Waals surface area (Å²) in [6.45, 7) is 7.87. The van der Waals surface area contributed by atoms with Gasteiger partial charge in [-0.3, -0.25) is 0 Å². The molecule has 0 bridgehead atoms. The normalized spacial score (nSPS) is 10.2. The Kier molecular flexibility index (Phi) is 11.3. The van der Waals surface area contributed by atoms with Gasteiger partial charge in [0, 0.05) is 13.7 Å². The van der Waals surface area contributed by atoms with Gasteiger partial charge >= 0.3 is 0 Å². The van der Waals surface area contributed by atoms with Crippen LogP contribution in [0.1, 0.15) is 12.8 Å². The van der Waals surface area contributed by atoms with E-state index in [0.717, 1.165) is 32.5 Å². The van der Waals surface area contributed by atoms with E-state index in [9.17, 15) is 0 Å². The van der Waals surface area contributed by atoms with Crippen LogP contribution in [0.15, 0.2) is 12.7 Å². The number of hydrogen-bond donors (Lipinski definition) is 1. The summed E-state index contributed by atoms with van der Waals surface area (Å²) in [6, 6.07) is 0. The number of rotatable bonds is 10. The summed E-state index contributed by atoms with van der Waals surface area (Å²) in [4.78, 5) is 0. The highest BCUT2D eigenvalue weighted by Gasteiger charge is 1.88. The average molecular weight is 187 g/mol. The number of hydrogen-bond acceptors (Lipinski definition) is 3. The number of nitrogens with one attached hydrogen (secondary N) is 1. The highest BCUT2D eigenvalue weighted by atomic mass is 16.5. The average Bonchev–Trinajstić information content (AvgIpc) is 2.16. The monoisotopic (exact) mass is 187 g/mol. The van der Waals surface area contributed by atoms with E-state index < -0.39 is 0 Å². The quantitative estimate of drug-likeness (QED) is 0.412. The van der Waals surface area contributed by atoms with E-state index >= 15 is 0 Å². The summed E-state index contributed by atoms with van der Waals surface area (Å²) in [5, 5.41) is 3.29. The van der Waals surface area contributed by atoms with Crippen LogP contribution in [0.3, 0.4) is 0 Å². The van der Waals surface area contributed by atoms with Crippen LogP contribution in [0, 0.1) is 0 Å². The molecule has 0 aromatic carbocycles. The van der Waals surface area contributed by atoms with Crippen LogP contribution in [0.5, 0.6) is 0 Å². The zero-order valence-corrected chi connectivity index (χ0v) is 8.55. The highest BCUT2D eigenvalue weighted by Crippen LogP contribution is 1.82. The van der Waals surface area contributed by atoms with Gasteiger partial charge in [-0.25, -0.2) is 0 Å². The first kappa shape index (κ1) is 12.6. The molecule has 0 rings (SSSR count). The van der Waals surface area contributed by atoms with E-state index in [-0.39, 0.29) is 0 Å². The molecule has 0 aromatic rings. The van der Waals surface area contributed by atoms with Crippen molar-refractivity contribution in [1.29, 1.82) is 0 Å². The van der Waals surface area contributed by atoms with Crippen molar-refractivity contribution in [1.82, 2.24) is 5.32 Å². The van der Waals surface area contributed by atoms with Crippen molar-refractivity contribution in [2.24, 2.45) is 0 Å². The summed E-state index contributed by atoms with van der Waals surface area (Å²) in [7, 11) is 1.68. The Morgan fingerprint density at radius 3 is 2.77 bits per heavy atom. The molecule has 0 aromatic heterocycles. The molecule has 13 heavy (non-hydrogen) atoms. The Bertz CT molecular complexity index is 107. The smallest absolute Gasteiger partial charge is 0.0700 e. The molecular formula is C10H21NO2. The zero-order valence-electron chi connectivity index (χ0n) is 8.55. The lowest BCUT2D eigenvalue weighted by Gasteiger charge is -2.04. The Morgan fingerprint density at radius 1 is 1.23 bits per heavy atom.